The smallest absolute Gasteiger partial charge is 0.340 e. The topological polar surface area (TPSA) is 55.4 Å². The van der Waals surface area contributed by atoms with Crippen LogP contribution >= 0.6 is 0 Å². The van der Waals surface area contributed by atoms with Crippen molar-refractivity contribution in [3.63, 3.8) is 0 Å². The molecule has 0 atom stereocenters. The molecule has 4 nitrogen and oxygen atoms in total. The van der Waals surface area contributed by atoms with Gasteiger partial charge in [-0.25, -0.2) is 13.6 Å². The van der Waals surface area contributed by atoms with E-state index in [0.29, 0.717) is 11.3 Å². The molecule has 0 aromatic heterocycles. The van der Waals surface area contributed by atoms with Gasteiger partial charge in [-0.3, -0.25) is 4.79 Å². The van der Waals surface area contributed by atoms with Crippen molar-refractivity contribution in [1.29, 1.82) is 0 Å². The van der Waals surface area contributed by atoms with Gasteiger partial charge < -0.3 is 10.1 Å². The fourth-order valence-corrected chi connectivity index (χ4v) is 2.06. The minimum atomic E-state index is -1.05. The maximum atomic E-state index is 13.5. The number of ether oxygens (including phenoxy) is 1. The average Bonchev–Trinajstić information content (AvgIpc) is 2.50. The second kappa shape index (κ2) is 7.00. The molecule has 2 aromatic rings. The van der Waals surface area contributed by atoms with E-state index in [-0.39, 0.29) is 17.0 Å². The highest BCUT2D eigenvalue weighted by Crippen LogP contribution is 2.22. The summed E-state index contributed by atoms with van der Waals surface area (Å²) >= 11 is 0. The van der Waals surface area contributed by atoms with Crippen LogP contribution in [0.3, 0.4) is 0 Å². The van der Waals surface area contributed by atoms with Crippen LogP contribution in [-0.4, -0.2) is 11.9 Å². The molecule has 1 amide bonds. The quantitative estimate of drug-likeness (QED) is 0.876. The molecule has 2 rings (SSSR count). The number of nitrogens with one attached hydrogen (secondary N) is 1. The second-order valence-electron chi connectivity index (χ2n) is 4.97. The lowest BCUT2D eigenvalue weighted by atomic mass is 10.1. The third-order valence-corrected chi connectivity index (χ3v) is 3.18. The largest absolute Gasteiger partial charge is 0.457 e. The second-order valence-corrected chi connectivity index (χ2v) is 4.97. The molecular formula is C17H15F2NO3. The van der Waals surface area contributed by atoms with Crippen molar-refractivity contribution in [3.8, 4) is 0 Å². The fraction of sp³-hybridized carbons (Fsp3) is 0.176. The van der Waals surface area contributed by atoms with Crippen LogP contribution in [-0.2, 0) is 16.1 Å². The van der Waals surface area contributed by atoms with Crippen molar-refractivity contribution in [2.24, 2.45) is 0 Å². The Hall–Kier alpha value is -2.76. The molecule has 0 aliphatic heterocycles. The van der Waals surface area contributed by atoms with E-state index < -0.39 is 24.2 Å². The summed E-state index contributed by atoms with van der Waals surface area (Å²) in [5, 5.41) is 2.57. The Kier molecular flexibility index (Phi) is 5.05. The number of halogens is 2. The normalized spacial score (nSPS) is 10.3. The number of benzene rings is 2. The summed E-state index contributed by atoms with van der Waals surface area (Å²) in [6.45, 7) is 2.65. The number of carbonyl (C=O) groups excluding carboxylic acids is 2. The summed E-state index contributed by atoms with van der Waals surface area (Å²) in [7, 11) is 0. The molecule has 6 heteroatoms. The summed E-state index contributed by atoms with van der Waals surface area (Å²) in [6, 6.07) is 8.50. The zero-order chi connectivity index (χ0) is 17.0. The standard InChI is InChI=1S/C17H15F2NO3/c1-10-5-3-7-13(16(10)20-11(2)21)17(22)23-9-12-6-4-8-14(18)15(12)19/h3-8H,9H2,1-2H3,(H,20,21). The number of carbonyl (C=O) groups is 2. The Morgan fingerprint density at radius 1 is 1.13 bits per heavy atom. The van der Waals surface area contributed by atoms with Gasteiger partial charge in [0.05, 0.1) is 11.3 Å². The summed E-state index contributed by atoms with van der Waals surface area (Å²) in [6.07, 6.45) is 0. The summed E-state index contributed by atoms with van der Waals surface area (Å²) in [5.74, 6) is -3.12. The molecule has 2 aromatic carbocycles. The lowest BCUT2D eigenvalue weighted by molar-refractivity contribution is -0.114. The van der Waals surface area contributed by atoms with Crippen LogP contribution in [0.2, 0.25) is 0 Å². The van der Waals surface area contributed by atoms with Crippen LogP contribution in [0.15, 0.2) is 36.4 Å². The lowest BCUT2D eigenvalue weighted by Crippen LogP contribution is -2.14. The van der Waals surface area contributed by atoms with Crippen molar-refractivity contribution >= 4 is 17.6 Å². The molecule has 0 saturated carbocycles. The van der Waals surface area contributed by atoms with Gasteiger partial charge in [0.25, 0.3) is 0 Å². The van der Waals surface area contributed by atoms with Gasteiger partial charge in [-0.2, -0.15) is 0 Å². The van der Waals surface area contributed by atoms with Crippen molar-refractivity contribution in [2.75, 3.05) is 5.32 Å². The van der Waals surface area contributed by atoms with E-state index in [1.807, 2.05) is 0 Å². The van der Waals surface area contributed by atoms with Gasteiger partial charge >= 0.3 is 5.97 Å². The molecule has 0 heterocycles. The molecular weight excluding hydrogens is 304 g/mol. The average molecular weight is 319 g/mol. The highest BCUT2D eigenvalue weighted by molar-refractivity contribution is 6.01. The molecule has 0 aliphatic rings. The minimum absolute atomic E-state index is 0.0629. The number of hydrogen-bond donors (Lipinski definition) is 1. The maximum Gasteiger partial charge on any atom is 0.340 e. The van der Waals surface area contributed by atoms with Crippen LogP contribution in [0.5, 0.6) is 0 Å². The van der Waals surface area contributed by atoms with E-state index in [0.717, 1.165) is 6.07 Å². The number of hydrogen-bond acceptors (Lipinski definition) is 3. The number of aryl methyl sites for hydroxylation is 1. The highest BCUT2D eigenvalue weighted by Gasteiger charge is 2.17. The first kappa shape index (κ1) is 16.6. The van der Waals surface area contributed by atoms with Gasteiger partial charge in [-0.1, -0.05) is 24.3 Å². The van der Waals surface area contributed by atoms with E-state index in [1.165, 1.54) is 25.1 Å². The highest BCUT2D eigenvalue weighted by atomic mass is 19.2. The molecule has 120 valence electrons. The van der Waals surface area contributed by atoms with E-state index in [4.69, 9.17) is 4.74 Å². The molecule has 0 saturated heterocycles. The van der Waals surface area contributed by atoms with Crippen LogP contribution in [0.25, 0.3) is 0 Å². The first-order valence-corrected chi connectivity index (χ1v) is 6.87. The van der Waals surface area contributed by atoms with E-state index in [1.54, 1.807) is 19.1 Å². The molecule has 0 fully saturated rings. The SMILES string of the molecule is CC(=O)Nc1c(C)cccc1C(=O)OCc1cccc(F)c1F. The van der Waals surface area contributed by atoms with Crippen LogP contribution in [0, 0.1) is 18.6 Å². The van der Waals surface area contributed by atoms with Gasteiger partial charge in [-0.15, -0.1) is 0 Å². The number of esters is 1. The molecule has 1 N–H and O–H groups in total. The minimum Gasteiger partial charge on any atom is -0.457 e. The Morgan fingerprint density at radius 2 is 1.83 bits per heavy atom. The Bertz CT molecular complexity index is 759. The molecule has 0 spiro atoms. The van der Waals surface area contributed by atoms with Crippen molar-refractivity contribution < 1.29 is 23.1 Å². The number of para-hydroxylation sites is 1. The number of anilines is 1. The first-order chi connectivity index (χ1) is 10.9. The number of rotatable bonds is 4. The van der Waals surface area contributed by atoms with E-state index >= 15 is 0 Å². The van der Waals surface area contributed by atoms with Gasteiger partial charge in [0.2, 0.25) is 5.91 Å². The van der Waals surface area contributed by atoms with Gasteiger partial charge in [-0.05, 0) is 24.6 Å². The lowest BCUT2D eigenvalue weighted by Gasteiger charge is -2.12. The third-order valence-electron chi connectivity index (χ3n) is 3.18. The summed E-state index contributed by atoms with van der Waals surface area (Å²) in [5.41, 5.74) is 1.11. The van der Waals surface area contributed by atoms with Crippen LogP contribution < -0.4 is 5.32 Å². The maximum absolute atomic E-state index is 13.5. The molecule has 0 unspecified atom stereocenters. The van der Waals surface area contributed by atoms with E-state index in [9.17, 15) is 18.4 Å². The van der Waals surface area contributed by atoms with Crippen LogP contribution in [0.1, 0.15) is 28.4 Å². The molecule has 0 radical (unpaired) electrons. The molecule has 0 bridgehead atoms. The van der Waals surface area contributed by atoms with E-state index in [2.05, 4.69) is 5.32 Å². The predicted molar refractivity (Wildman–Crippen MR) is 81.0 cm³/mol. The fourth-order valence-electron chi connectivity index (χ4n) is 2.06. The van der Waals surface area contributed by atoms with Crippen molar-refractivity contribution in [1.82, 2.24) is 0 Å². The number of amides is 1. The zero-order valence-electron chi connectivity index (χ0n) is 12.7. The first-order valence-electron chi connectivity index (χ1n) is 6.87. The monoisotopic (exact) mass is 319 g/mol. The summed E-state index contributed by atoms with van der Waals surface area (Å²) in [4.78, 5) is 23.4. The Balaban J connectivity index is 2.20. The Labute approximate surface area is 132 Å². The van der Waals surface area contributed by atoms with Gasteiger partial charge in [0, 0.05) is 12.5 Å². The molecule has 23 heavy (non-hydrogen) atoms. The van der Waals surface area contributed by atoms with Crippen molar-refractivity contribution in [3.05, 3.63) is 64.7 Å². The third kappa shape index (κ3) is 3.91. The molecule has 0 aliphatic carbocycles. The Morgan fingerprint density at radius 3 is 2.52 bits per heavy atom. The van der Waals surface area contributed by atoms with Gasteiger partial charge in [0.15, 0.2) is 11.6 Å². The zero-order valence-corrected chi connectivity index (χ0v) is 12.7. The predicted octanol–water partition coefficient (Wildman–Crippen LogP) is 3.59. The summed E-state index contributed by atoms with van der Waals surface area (Å²) < 4.78 is 31.7. The van der Waals surface area contributed by atoms with Crippen LogP contribution in [0.4, 0.5) is 14.5 Å². The van der Waals surface area contributed by atoms with Gasteiger partial charge in [0.1, 0.15) is 6.61 Å². The van der Waals surface area contributed by atoms with Crippen molar-refractivity contribution in [2.45, 2.75) is 20.5 Å².